The summed E-state index contributed by atoms with van der Waals surface area (Å²) in [4.78, 5) is 13.1. The van der Waals surface area contributed by atoms with Crippen LogP contribution in [0.15, 0.2) is 24.3 Å². The van der Waals surface area contributed by atoms with Crippen LogP contribution in [0.2, 0.25) is 0 Å². The minimum Gasteiger partial charge on any atom is -0.314 e. The van der Waals surface area contributed by atoms with Crippen LogP contribution in [-0.2, 0) is 0 Å². The zero-order chi connectivity index (χ0) is 14.4. The van der Waals surface area contributed by atoms with E-state index in [0.29, 0.717) is 6.04 Å². The van der Waals surface area contributed by atoms with Crippen molar-refractivity contribution < 1.29 is 4.92 Å². The van der Waals surface area contributed by atoms with Crippen LogP contribution in [0.5, 0.6) is 0 Å². The lowest BCUT2D eigenvalue weighted by Gasteiger charge is -2.35. The molecular weight excluding hydrogens is 254 g/mol. The molecule has 1 N–H and O–H groups in total. The Labute approximate surface area is 120 Å². The number of non-ortho nitro benzene ring substituents is 1. The van der Waals surface area contributed by atoms with Crippen LogP contribution >= 0.6 is 0 Å². The Kier molecular flexibility index (Phi) is 5.49. The molecule has 0 amide bonds. The third-order valence-electron chi connectivity index (χ3n) is 3.89. The van der Waals surface area contributed by atoms with E-state index in [4.69, 9.17) is 0 Å². The highest BCUT2D eigenvalue weighted by atomic mass is 16.6. The van der Waals surface area contributed by atoms with Gasteiger partial charge in [0.2, 0.25) is 0 Å². The number of nitrogens with one attached hydrogen (secondary N) is 1. The van der Waals surface area contributed by atoms with E-state index < -0.39 is 0 Å². The Hall–Kier alpha value is -1.46. The quantitative estimate of drug-likeness (QED) is 0.641. The van der Waals surface area contributed by atoms with E-state index in [1.807, 2.05) is 6.07 Å². The van der Waals surface area contributed by atoms with Gasteiger partial charge >= 0.3 is 0 Å². The van der Waals surface area contributed by atoms with E-state index in [1.165, 1.54) is 0 Å². The molecule has 1 aliphatic heterocycles. The van der Waals surface area contributed by atoms with Gasteiger partial charge in [-0.05, 0) is 12.0 Å². The third-order valence-corrected chi connectivity index (χ3v) is 3.89. The summed E-state index contributed by atoms with van der Waals surface area (Å²) < 4.78 is 0. The number of nitro groups is 1. The maximum Gasteiger partial charge on any atom is 0.269 e. The standard InChI is InChI=1S/C15H23N3O2/c1-2-3-7-15(17-10-8-16-9-11-17)13-5-4-6-14(12-13)18(19)20/h4-6,12,15-16H,2-3,7-11H2,1H3/t15-/m0/s1. The number of hydrogen-bond acceptors (Lipinski definition) is 4. The average Bonchev–Trinajstić information content (AvgIpc) is 2.49. The van der Waals surface area contributed by atoms with E-state index in [1.54, 1.807) is 18.2 Å². The van der Waals surface area contributed by atoms with Crippen LogP contribution in [-0.4, -0.2) is 36.0 Å². The molecule has 0 spiro atoms. The number of piperazine rings is 1. The minimum atomic E-state index is -0.307. The van der Waals surface area contributed by atoms with Crippen molar-refractivity contribution in [3.63, 3.8) is 0 Å². The predicted molar refractivity (Wildman–Crippen MR) is 79.8 cm³/mol. The maximum absolute atomic E-state index is 10.9. The first-order chi connectivity index (χ1) is 9.72. The molecule has 110 valence electrons. The fourth-order valence-electron chi connectivity index (χ4n) is 2.80. The number of rotatable bonds is 6. The van der Waals surface area contributed by atoms with Gasteiger partial charge in [-0.15, -0.1) is 0 Å². The van der Waals surface area contributed by atoms with Gasteiger partial charge in [0.15, 0.2) is 0 Å². The molecule has 1 fully saturated rings. The zero-order valence-electron chi connectivity index (χ0n) is 12.0. The second-order valence-corrected chi connectivity index (χ2v) is 5.30. The monoisotopic (exact) mass is 277 g/mol. The molecule has 1 atom stereocenters. The first-order valence-electron chi connectivity index (χ1n) is 7.41. The summed E-state index contributed by atoms with van der Waals surface area (Å²) in [6.45, 7) is 6.20. The summed E-state index contributed by atoms with van der Waals surface area (Å²) in [7, 11) is 0. The number of hydrogen-bond donors (Lipinski definition) is 1. The maximum atomic E-state index is 10.9. The highest BCUT2D eigenvalue weighted by Crippen LogP contribution is 2.29. The summed E-state index contributed by atoms with van der Waals surface area (Å²) in [5.74, 6) is 0. The van der Waals surface area contributed by atoms with Gasteiger partial charge in [-0.3, -0.25) is 15.0 Å². The smallest absolute Gasteiger partial charge is 0.269 e. The zero-order valence-corrected chi connectivity index (χ0v) is 12.0. The molecular formula is C15H23N3O2. The van der Waals surface area contributed by atoms with E-state index in [-0.39, 0.29) is 10.6 Å². The molecule has 1 aromatic carbocycles. The van der Waals surface area contributed by atoms with Crippen molar-refractivity contribution in [3.05, 3.63) is 39.9 Å². The van der Waals surface area contributed by atoms with Gasteiger partial charge in [-0.2, -0.15) is 0 Å². The van der Waals surface area contributed by atoms with Gasteiger partial charge < -0.3 is 5.32 Å². The lowest BCUT2D eigenvalue weighted by molar-refractivity contribution is -0.385. The molecule has 5 nitrogen and oxygen atoms in total. The van der Waals surface area contributed by atoms with Gasteiger partial charge in [-0.25, -0.2) is 0 Å². The van der Waals surface area contributed by atoms with E-state index >= 15 is 0 Å². The molecule has 0 aliphatic carbocycles. The molecule has 1 heterocycles. The number of benzene rings is 1. The fourth-order valence-corrected chi connectivity index (χ4v) is 2.80. The van der Waals surface area contributed by atoms with Crippen molar-refractivity contribution in [2.45, 2.75) is 32.2 Å². The Balaban J connectivity index is 2.20. The van der Waals surface area contributed by atoms with Crippen LogP contribution in [0.3, 0.4) is 0 Å². The lowest BCUT2D eigenvalue weighted by atomic mass is 9.98. The molecule has 1 aliphatic rings. The SMILES string of the molecule is CCCC[C@@H](c1cccc([N+](=O)[O-])c1)N1CCNCC1. The molecule has 20 heavy (non-hydrogen) atoms. The Bertz CT molecular complexity index is 444. The van der Waals surface area contributed by atoms with Crippen LogP contribution in [0, 0.1) is 10.1 Å². The Morgan fingerprint density at radius 3 is 2.80 bits per heavy atom. The van der Waals surface area contributed by atoms with Crippen molar-refractivity contribution in [2.24, 2.45) is 0 Å². The number of nitrogens with zero attached hydrogens (tertiary/aromatic N) is 2. The number of unbranched alkanes of at least 4 members (excludes halogenated alkanes) is 1. The topological polar surface area (TPSA) is 58.4 Å². The molecule has 0 saturated carbocycles. The van der Waals surface area contributed by atoms with Crippen molar-refractivity contribution in [1.82, 2.24) is 10.2 Å². The normalized spacial score (nSPS) is 17.9. The predicted octanol–water partition coefficient (Wildman–Crippen LogP) is 2.73. The summed E-state index contributed by atoms with van der Waals surface area (Å²) in [6.07, 6.45) is 3.37. The Morgan fingerprint density at radius 2 is 2.15 bits per heavy atom. The van der Waals surface area contributed by atoms with E-state index in [9.17, 15) is 10.1 Å². The van der Waals surface area contributed by atoms with Crippen molar-refractivity contribution in [2.75, 3.05) is 26.2 Å². The van der Waals surface area contributed by atoms with Crippen molar-refractivity contribution >= 4 is 5.69 Å². The van der Waals surface area contributed by atoms with Crippen LogP contribution in [0.25, 0.3) is 0 Å². The summed E-state index contributed by atoms with van der Waals surface area (Å²) >= 11 is 0. The lowest BCUT2D eigenvalue weighted by Crippen LogP contribution is -2.45. The van der Waals surface area contributed by atoms with Gasteiger partial charge in [0.05, 0.1) is 4.92 Å². The van der Waals surface area contributed by atoms with Crippen LogP contribution < -0.4 is 5.32 Å². The van der Waals surface area contributed by atoms with E-state index in [2.05, 4.69) is 17.1 Å². The van der Waals surface area contributed by atoms with Gasteiger partial charge in [0.25, 0.3) is 5.69 Å². The third kappa shape index (κ3) is 3.77. The summed E-state index contributed by atoms with van der Waals surface area (Å²) in [5, 5.41) is 14.3. The first kappa shape index (κ1) is 14.9. The fraction of sp³-hybridized carbons (Fsp3) is 0.600. The van der Waals surface area contributed by atoms with Crippen molar-refractivity contribution in [1.29, 1.82) is 0 Å². The molecule has 0 radical (unpaired) electrons. The van der Waals surface area contributed by atoms with E-state index in [0.717, 1.165) is 51.0 Å². The Morgan fingerprint density at radius 1 is 1.40 bits per heavy atom. The van der Waals surface area contributed by atoms with Crippen LogP contribution in [0.4, 0.5) is 5.69 Å². The minimum absolute atomic E-state index is 0.194. The van der Waals surface area contributed by atoms with Gasteiger partial charge in [-0.1, -0.05) is 31.9 Å². The number of nitro benzene ring substituents is 1. The van der Waals surface area contributed by atoms with Crippen LogP contribution in [0.1, 0.15) is 37.8 Å². The highest BCUT2D eigenvalue weighted by molar-refractivity contribution is 5.35. The molecule has 0 aromatic heterocycles. The highest BCUT2D eigenvalue weighted by Gasteiger charge is 2.22. The molecule has 5 heteroatoms. The summed E-state index contributed by atoms with van der Waals surface area (Å²) in [5.41, 5.74) is 1.27. The second kappa shape index (κ2) is 7.36. The van der Waals surface area contributed by atoms with Gasteiger partial charge in [0.1, 0.15) is 0 Å². The second-order valence-electron chi connectivity index (χ2n) is 5.30. The van der Waals surface area contributed by atoms with Gasteiger partial charge in [0, 0.05) is 44.4 Å². The molecule has 1 aromatic rings. The molecule has 0 bridgehead atoms. The molecule has 1 saturated heterocycles. The largest absolute Gasteiger partial charge is 0.314 e. The van der Waals surface area contributed by atoms with Crippen molar-refractivity contribution in [3.8, 4) is 0 Å². The average molecular weight is 277 g/mol. The summed E-state index contributed by atoms with van der Waals surface area (Å²) in [6, 6.07) is 7.43. The molecule has 0 unspecified atom stereocenters. The molecule has 2 rings (SSSR count). The first-order valence-corrected chi connectivity index (χ1v) is 7.41.